The van der Waals surface area contributed by atoms with Crippen LogP contribution in [0.15, 0.2) is 70.7 Å². The molecule has 5 nitrogen and oxygen atoms in total. The van der Waals surface area contributed by atoms with E-state index < -0.39 is 5.91 Å². The van der Waals surface area contributed by atoms with Gasteiger partial charge in [0.05, 0.1) is 6.61 Å². The number of hydrogen-bond acceptors (Lipinski definition) is 4. The quantitative estimate of drug-likeness (QED) is 0.277. The summed E-state index contributed by atoms with van der Waals surface area (Å²) in [4.78, 5) is 12.6. The van der Waals surface area contributed by atoms with Gasteiger partial charge in [-0.3, -0.25) is 4.79 Å². The molecule has 3 rings (SSSR count). The third-order valence-corrected chi connectivity index (χ3v) is 5.25. The van der Waals surface area contributed by atoms with Crippen LogP contribution in [0.4, 0.5) is 5.69 Å². The number of halogens is 1. The Bertz CT molecular complexity index is 1190. The van der Waals surface area contributed by atoms with Crippen molar-refractivity contribution in [2.75, 3.05) is 11.9 Å². The van der Waals surface area contributed by atoms with E-state index in [4.69, 9.17) is 9.47 Å². The van der Waals surface area contributed by atoms with Gasteiger partial charge in [0.2, 0.25) is 0 Å². The highest BCUT2D eigenvalue weighted by molar-refractivity contribution is 9.10. The van der Waals surface area contributed by atoms with Crippen LogP contribution in [-0.2, 0) is 11.4 Å². The summed E-state index contributed by atoms with van der Waals surface area (Å²) in [6.07, 6.45) is 1.53. The molecule has 0 fully saturated rings. The maximum absolute atomic E-state index is 12.6. The van der Waals surface area contributed by atoms with Crippen molar-refractivity contribution in [3.05, 3.63) is 93.0 Å². The molecule has 0 atom stereocenters. The minimum Gasteiger partial charge on any atom is -0.490 e. The molecular formula is C27H25BrN2O3. The van der Waals surface area contributed by atoms with Gasteiger partial charge in [0, 0.05) is 10.2 Å². The van der Waals surface area contributed by atoms with Crippen LogP contribution in [0.5, 0.6) is 11.5 Å². The molecule has 1 amide bonds. The standard InChI is InChI=1S/C27H25BrN2O3/c1-4-32-26-15-20(5-10-25(26)33-17-21-12-18(2)11-19(3)13-21)14-22(16-29)27(31)30-24-8-6-23(28)7-9-24/h5-15H,4,17H2,1-3H3,(H,30,31)/b22-14+. The molecule has 0 bridgehead atoms. The van der Waals surface area contributed by atoms with Gasteiger partial charge in [0.25, 0.3) is 5.91 Å². The van der Waals surface area contributed by atoms with Crippen LogP contribution < -0.4 is 14.8 Å². The van der Waals surface area contributed by atoms with E-state index in [0.29, 0.717) is 36.0 Å². The monoisotopic (exact) mass is 504 g/mol. The highest BCUT2D eigenvalue weighted by Crippen LogP contribution is 2.30. The molecule has 168 valence electrons. The largest absolute Gasteiger partial charge is 0.490 e. The molecule has 0 aliphatic rings. The van der Waals surface area contributed by atoms with Gasteiger partial charge in [-0.2, -0.15) is 5.26 Å². The minimum absolute atomic E-state index is 0.00993. The third kappa shape index (κ3) is 6.96. The molecule has 3 aromatic rings. The molecule has 3 aromatic carbocycles. The van der Waals surface area contributed by atoms with Crippen molar-refractivity contribution in [1.82, 2.24) is 0 Å². The average molecular weight is 505 g/mol. The fourth-order valence-corrected chi connectivity index (χ4v) is 3.63. The Morgan fingerprint density at radius 2 is 1.70 bits per heavy atom. The summed E-state index contributed by atoms with van der Waals surface area (Å²) in [6.45, 7) is 6.88. The second kappa shape index (κ2) is 11.3. The number of amides is 1. The fraction of sp³-hybridized carbons (Fsp3) is 0.185. The lowest BCUT2D eigenvalue weighted by Crippen LogP contribution is -2.13. The summed E-state index contributed by atoms with van der Waals surface area (Å²) in [7, 11) is 0. The van der Waals surface area contributed by atoms with E-state index >= 15 is 0 Å². The van der Waals surface area contributed by atoms with Gasteiger partial charge in [0.15, 0.2) is 11.5 Å². The summed E-state index contributed by atoms with van der Waals surface area (Å²) in [5.41, 5.74) is 4.71. The topological polar surface area (TPSA) is 71.3 Å². The lowest BCUT2D eigenvalue weighted by molar-refractivity contribution is -0.112. The van der Waals surface area contributed by atoms with Crippen LogP contribution >= 0.6 is 15.9 Å². The molecule has 0 saturated carbocycles. The number of aryl methyl sites for hydroxylation is 2. The summed E-state index contributed by atoms with van der Waals surface area (Å²) in [5, 5.41) is 12.3. The molecular weight excluding hydrogens is 480 g/mol. The van der Waals surface area contributed by atoms with E-state index in [1.54, 1.807) is 30.3 Å². The lowest BCUT2D eigenvalue weighted by Gasteiger charge is -2.13. The molecule has 0 aliphatic heterocycles. The fourth-order valence-electron chi connectivity index (χ4n) is 3.36. The van der Waals surface area contributed by atoms with Gasteiger partial charge in [-0.05, 0) is 74.4 Å². The highest BCUT2D eigenvalue weighted by Gasteiger charge is 2.12. The highest BCUT2D eigenvalue weighted by atomic mass is 79.9. The number of carbonyl (C=O) groups is 1. The number of anilines is 1. The average Bonchev–Trinajstić information content (AvgIpc) is 2.78. The number of benzene rings is 3. The van der Waals surface area contributed by atoms with Crippen molar-refractivity contribution in [3.8, 4) is 17.6 Å². The van der Waals surface area contributed by atoms with E-state index in [-0.39, 0.29) is 5.57 Å². The molecule has 0 radical (unpaired) electrons. The summed E-state index contributed by atoms with van der Waals surface area (Å²) in [6, 6.07) is 20.8. The Morgan fingerprint density at radius 1 is 1.00 bits per heavy atom. The maximum Gasteiger partial charge on any atom is 0.266 e. The molecule has 1 N–H and O–H groups in total. The molecule has 0 saturated heterocycles. The van der Waals surface area contributed by atoms with E-state index in [0.717, 1.165) is 10.0 Å². The second-order valence-corrected chi connectivity index (χ2v) is 8.47. The molecule has 0 unspecified atom stereocenters. The Hall–Kier alpha value is -3.56. The number of ether oxygens (including phenoxy) is 2. The van der Waals surface area contributed by atoms with Crippen LogP contribution in [0, 0.1) is 25.2 Å². The number of carbonyl (C=O) groups excluding carboxylic acids is 1. The van der Waals surface area contributed by atoms with Crippen LogP contribution in [0.3, 0.4) is 0 Å². The normalized spacial score (nSPS) is 10.9. The van der Waals surface area contributed by atoms with Crippen LogP contribution in [0.1, 0.15) is 29.2 Å². The van der Waals surface area contributed by atoms with E-state index in [1.807, 2.05) is 25.1 Å². The van der Waals surface area contributed by atoms with Gasteiger partial charge < -0.3 is 14.8 Å². The molecule has 6 heteroatoms. The van der Waals surface area contributed by atoms with Gasteiger partial charge in [-0.15, -0.1) is 0 Å². The predicted octanol–water partition coefficient (Wildman–Crippen LogP) is 6.59. The van der Waals surface area contributed by atoms with E-state index in [2.05, 4.69) is 53.3 Å². The first-order valence-electron chi connectivity index (χ1n) is 10.5. The number of nitriles is 1. The zero-order valence-electron chi connectivity index (χ0n) is 18.8. The SMILES string of the molecule is CCOc1cc(/C=C(\C#N)C(=O)Nc2ccc(Br)cc2)ccc1OCc1cc(C)cc(C)c1. The van der Waals surface area contributed by atoms with Gasteiger partial charge >= 0.3 is 0 Å². The van der Waals surface area contributed by atoms with Gasteiger partial charge in [-0.1, -0.05) is 51.3 Å². The molecule has 33 heavy (non-hydrogen) atoms. The molecule has 0 heterocycles. The number of nitrogens with zero attached hydrogens (tertiary/aromatic N) is 1. The smallest absolute Gasteiger partial charge is 0.266 e. The van der Waals surface area contributed by atoms with Crippen molar-refractivity contribution >= 4 is 33.6 Å². The zero-order chi connectivity index (χ0) is 23.8. The van der Waals surface area contributed by atoms with Crippen molar-refractivity contribution in [2.45, 2.75) is 27.4 Å². The molecule has 0 aromatic heterocycles. The van der Waals surface area contributed by atoms with E-state index in [9.17, 15) is 10.1 Å². The van der Waals surface area contributed by atoms with E-state index in [1.165, 1.54) is 17.2 Å². The van der Waals surface area contributed by atoms with Crippen LogP contribution in [0.2, 0.25) is 0 Å². The first-order chi connectivity index (χ1) is 15.9. The summed E-state index contributed by atoms with van der Waals surface area (Å²) in [5.74, 6) is 0.681. The first kappa shape index (κ1) is 24.1. The number of hydrogen-bond donors (Lipinski definition) is 1. The van der Waals surface area contributed by atoms with Gasteiger partial charge in [-0.25, -0.2) is 0 Å². The molecule has 0 aliphatic carbocycles. The zero-order valence-corrected chi connectivity index (χ0v) is 20.4. The Morgan fingerprint density at radius 3 is 2.33 bits per heavy atom. The minimum atomic E-state index is -0.479. The Balaban J connectivity index is 1.78. The lowest BCUT2D eigenvalue weighted by atomic mass is 10.1. The third-order valence-electron chi connectivity index (χ3n) is 4.72. The Kier molecular flexibility index (Phi) is 8.28. The van der Waals surface area contributed by atoms with Crippen molar-refractivity contribution in [1.29, 1.82) is 5.26 Å². The van der Waals surface area contributed by atoms with Gasteiger partial charge in [0.1, 0.15) is 18.2 Å². The Labute approximate surface area is 202 Å². The summed E-state index contributed by atoms with van der Waals surface area (Å²) < 4.78 is 12.7. The van der Waals surface area contributed by atoms with Crippen LogP contribution in [0.25, 0.3) is 6.08 Å². The van der Waals surface area contributed by atoms with Crippen molar-refractivity contribution in [3.63, 3.8) is 0 Å². The number of nitrogens with one attached hydrogen (secondary N) is 1. The van der Waals surface area contributed by atoms with Crippen LogP contribution in [-0.4, -0.2) is 12.5 Å². The molecule has 0 spiro atoms. The summed E-state index contributed by atoms with van der Waals surface area (Å²) >= 11 is 3.36. The second-order valence-electron chi connectivity index (χ2n) is 7.55. The number of rotatable bonds is 8. The predicted molar refractivity (Wildman–Crippen MR) is 134 cm³/mol. The van der Waals surface area contributed by atoms with Crippen molar-refractivity contribution < 1.29 is 14.3 Å². The van der Waals surface area contributed by atoms with Crippen molar-refractivity contribution in [2.24, 2.45) is 0 Å². The first-order valence-corrected chi connectivity index (χ1v) is 11.3. The maximum atomic E-state index is 12.6.